The molecule has 1 unspecified atom stereocenters. The highest BCUT2D eigenvalue weighted by molar-refractivity contribution is 7.88. The van der Waals surface area contributed by atoms with Gasteiger partial charge in [0.25, 0.3) is 11.5 Å². The molecule has 31 heavy (non-hydrogen) atoms. The van der Waals surface area contributed by atoms with Gasteiger partial charge in [-0.2, -0.15) is 5.10 Å². The summed E-state index contributed by atoms with van der Waals surface area (Å²) < 4.78 is 32.8. The summed E-state index contributed by atoms with van der Waals surface area (Å²) >= 11 is 0. The van der Waals surface area contributed by atoms with Gasteiger partial charge in [0, 0.05) is 11.9 Å². The van der Waals surface area contributed by atoms with E-state index in [1.54, 1.807) is 49.7 Å². The van der Waals surface area contributed by atoms with Crippen LogP contribution in [-0.4, -0.2) is 42.3 Å². The van der Waals surface area contributed by atoms with Gasteiger partial charge in [0.05, 0.1) is 48.3 Å². The van der Waals surface area contributed by atoms with Crippen LogP contribution in [0.5, 0.6) is 5.75 Å². The Morgan fingerprint density at radius 3 is 2.71 bits per heavy atom. The fourth-order valence-electron chi connectivity index (χ4n) is 3.70. The van der Waals surface area contributed by atoms with Crippen molar-refractivity contribution in [2.75, 3.05) is 13.4 Å². The highest BCUT2D eigenvalue weighted by Crippen LogP contribution is 2.27. The third-order valence-electron chi connectivity index (χ3n) is 4.90. The van der Waals surface area contributed by atoms with Gasteiger partial charge < -0.3 is 15.0 Å². The van der Waals surface area contributed by atoms with Crippen molar-refractivity contribution in [3.05, 3.63) is 62.8 Å². The smallest absolute Gasteiger partial charge is 0.256 e. The molecule has 0 saturated carbocycles. The van der Waals surface area contributed by atoms with E-state index in [1.807, 2.05) is 0 Å². The largest absolute Gasteiger partial charge is 0.496 e. The predicted octanol–water partition coefficient (Wildman–Crippen LogP) is 1.19. The number of hydrogen-bond acceptors (Lipinski definition) is 6. The maximum Gasteiger partial charge on any atom is 0.256 e. The summed E-state index contributed by atoms with van der Waals surface area (Å²) in [5.41, 5.74) is 2.63. The van der Waals surface area contributed by atoms with Crippen molar-refractivity contribution in [1.29, 1.82) is 0 Å². The standard InChI is InChI=1S/C20H25N5O5S/c1-11-9-16(30-4)14(19(26)23-11)10-21-20(27)17-12(2)18(13(3)24-31(5,28)29)25-15(17)7-6-8-22-25/h6-9,13,24H,10H2,1-5H3,(H,21,27)(H,23,26). The molecule has 0 spiro atoms. The Balaban J connectivity index is 1.99. The molecule has 0 radical (unpaired) electrons. The molecule has 10 nitrogen and oxygen atoms in total. The predicted molar refractivity (Wildman–Crippen MR) is 116 cm³/mol. The van der Waals surface area contributed by atoms with Crippen LogP contribution in [0.4, 0.5) is 0 Å². The van der Waals surface area contributed by atoms with E-state index in [2.05, 4.69) is 20.1 Å². The molecule has 3 aromatic rings. The van der Waals surface area contributed by atoms with Crippen LogP contribution in [0.1, 0.15) is 45.8 Å². The van der Waals surface area contributed by atoms with E-state index >= 15 is 0 Å². The summed E-state index contributed by atoms with van der Waals surface area (Å²) in [4.78, 5) is 28.1. The number of fused-ring (bicyclic) bond motifs is 1. The first-order valence-corrected chi connectivity index (χ1v) is 11.4. The number of aromatic nitrogens is 3. The quantitative estimate of drug-likeness (QED) is 0.498. The van der Waals surface area contributed by atoms with E-state index in [9.17, 15) is 18.0 Å². The lowest BCUT2D eigenvalue weighted by Crippen LogP contribution is -2.28. The minimum Gasteiger partial charge on any atom is -0.496 e. The second-order valence-electron chi connectivity index (χ2n) is 7.33. The highest BCUT2D eigenvalue weighted by atomic mass is 32.2. The molecule has 1 amide bonds. The van der Waals surface area contributed by atoms with Gasteiger partial charge in [0.1, 0.15) is 5.75 Å². The van der Waals surface area contributed by atoms with E-state index in [0.29, 0.717) is 39.3 Å². The fourth-order valence-corrected chi connectivity index (χ4v) is 4.45. The third kappa shape index (κ3) is 4.62. The van der Waals surface area contributed by atoms with Crippen molar-refractivity contribution in [2.24, 2.45) is 0 Å². The van der Waals surface area contributed by atoms with Crippen molar-refractivity contribution in [1.82, 2.24) is 24.6 Å². The molecule has 0 fully saturated rings. The van der Waals surface area contributed by atoms with Crippen LogP contribution < -0.4 is 20.3 Å². The van der Waals surface area contributed by atoms with E-state index < -0.39 is 22.0 Å². The SMILES string of the molecule is COc1cc(C)[nH]c(=O)c1CNC(=O)c1c(C)c(C(C)NS(C)(=O)=O)n2ncccc12. The first kappa shape index (κ1) is 22.5. The zero-order valence-corrected chi connectivity index (χ0v) is 18.8. The number of sulfonamides is 1. The molecule has 3 rings (SSSR count). The number of nitrogens with zero attached hydrogens (tertiary/aromatic N) is 2. The second kappa shape index (κ2) is 8.52. The zero-order valence-electron chi connectivity index (χ0n) is 17.9. The minimum absolute atomic E-state index is 0.0405. The summed E-state index contributed by atoms with van der Waals surface area (Å²) in [5.74, 6) is -0.0313. The molecule has 1 atom stereocenters. The third-order valence-corrected chi connectivity index (χ3v) is 5.68. The summed E-state index contributed by atoms with van der Waals surface area (Å²) in [7, 11) is -2.02. The molecule has 0 aliphatic rings. The highest BCUT2D eigenvalue weighted by Gasteiger charge is 2.26. The molecule has 0 saturated heterocycles. The van der Waals surface area contributed by atoms with Gasteiger partial charge in [-0.3, -0.25) is 9.59 Å². The van der Waals surface area contributed by atoms with Crippen LogP contribution in [-0.2, 0) is 16.6 Å². The molecule has 11 heteroatoms. The first-order chi connectivity index (χ1) is 14.5. The Hall–Kier alpha value is -3.18. The van der Waals surface area contributed by atoms with E-state index in [-0.39, 0.29) is 12.1 Å². The number of carbonyl (C=O) groups is 1. The van der Waals surface area contributed by atoms with Gasteiger partial charge in [-0.1, -0.05) is 0 Å². The number of pyridine rings is 1. The molecule has 166 valence electrons. The number of aromatic amines is 1. The molecular weight excluding hydrogens is 422 g/mol. The number of ether oxygens (including phenoxy) is 1. The van der Waals surface area contributed by atoms with Crippen molar-refractivity contribution in [3.63, 3.8) is 0 Å². The number of methoxy groups -OCH3 is 1. The summed E-state index contributed by atoms with van der Waals surface area (Å²) in [6, 6.07) is 4.49. The van der Waals surface area contributed by atoms with E-state index in [1.165, 1.54) is 7.11 Å². The number of aryl methyl sites for hydroxylation is 1. The molecule has 3 N–H and O–H groups in total. The van der Waals surface area contributed by atoms with Crippen molar-refractivity contribution >= 4 is 21.4 Å². The topological polar surface area (TPSA) is 135 Å². The van der Waals surface area contributed by atoms with Crippen LogP contribution in [0.2, 0.25) is 0 Å². The molecule has 3 heterocycles. The van der Waals surface area contributed by atoms with Crippen molar-refractivity contribution in [2.45, 2.75) is 33.4 Å². The van der Waals surface area contributed by atoms with Crippen LogP contribution in [0.3, 0.4) is 0 Å². The fraction of sp³-hybridized carbons (Fsp3) is 0.350. The monoisotopic (exact) mass is 447 g/mol. The van der Waals surface area contributed by atoms with E-state index in [4.69, 9.17) is 4.74 Å². The maximum absolute atomic E-state index is 13.1. The lowest BCUT2D eigenvalue weighted by molar-refractivity contribution is 0.0951. The molecule has 0 bridgehead atoms. The van der Waals surface area contributed by atoms with Gasteiger partial charge in [-0.05, 0) is 44.5 Å². The Kier molecular flexibility index (Phi) is 6.18. The molecule has 0 aliphatic carbocycles. The minimum atomic E-state index is -3.47. The van der Waals surface area contributed by atoms with Crippen LogP contribution in [0.15, 0.2) is 29.2 Å². The van der Waals surface area contributed by atoms with Gasteiger partial charge in [0.15, 0.2) is 0 Å². The molecular formula is C20H25N5O5S. The number of H-pyrrole nitrogens is 1. The Morgan fingerprint density at radius 2 is 2.06 bits per heavy atom. The number of hydrogen-bond donors (Lipinski definition) is 3. The lowest BCUT2D eigenvalue weighted by Gasteiger charge is -2.13. The Bertz CT molecular complexity index is 1310. The number of nitrogens with one attached hydrogen (secondary N) is 3. The first-order valence-electron chi connectivity index (χ1n) is 9.52. The van der Waals surface area contributed by atoms with Crippen LogP contribution in [0.25, 0.3) is 5.52 Å². The molecule has 0 aromatic carbocycles. The van der Waals surface area contributed by atoms with Crippen LogP contribution in [0, 0.1) is 13.8 Å². The summed E-state index contributed by atoms with van der Waals surface area (Å²) in [6.07, 6.45) is 2.63. The maximum atomic E-state index is 13.1. The van der Waals surface area contributed by atoms with Crippen molar-refractivity contribution in [3.8, 4) is 5.75 Å². The summed E-state index contributed by atoms with van der Waals surface area (Å²) in [5, 5.41) is 7.06. The second-order valence-corrected chi connectivity index (χ2v) is 9.11. The number of rotatable bonds is 7. The lowest BCUT2D eigenvalue weighted by atomic mass is 10.1. The number of carbonyl (C=O) groups excluding carboxylic acids is 1. The van der Waals surface area contributed by atoms with Crippen molar-refractivity contribution < 1.29 is 17.9 Å². The Morgan fingerprint density at radius 1 is 1.35 bits per heavy atom. The van der Waals surface area contributed by atoms with Gasteiger partial charge >= 0.3 is 0 Å². The van der Waals surface area contributed by atoms with Gasteiger partial charge in [-0.25, -0.2) is 17.7 Å². The van der Waals surface area contributed by atoms with E-state index in [0.717, 1.165) is 6.26 Å². The number of amides is 1. The van der Waals surface area contributed by atoms with Gasteiger partial charge in [0.2, 0.25) is 10.0 Å². The molecule has 0 aliphatic heterocycles. The van der Waals surface area contributed by atoms with Gasteiger partial charge in [-0.15, -0.1) is 0 Å². The molecule has 3 aromatic heterocycles. The average molecular weight is 448 g/mol. The van der Waals surface area contributed by atoms with Crippen LogP contribution >= 0.6 is 0 Å². The Labute approximate surface area is 179 Å². The zero-order chi connectivity index (χ0) is 22.9. The normalized spacial score (nSPS) is 12.7. The average Bonchev–Trinajstić information content (AvgIpc) is 2.97. The summed E-state index contributed by atoms with van der Waals surface area (Å²) in [6.45, 7) is 5.12.